The lowest BCUT2D eigenvalue weighted by Gasteiger charge is -2.34. The second-order valence-corrected chi connectivity index (χ2v) is 12.9. The summed E-state index contributed by atoms with van der Waals surface area (Å²) in [5.41, 5.74) is 1.13. The molecule has 0 aromatic heterocycles. The number of hydrogen-bond acceptors (Lipinski definition) is 6. The molecular formula is C32H53NO4S. The van der Waals surface area contributed by atoms with Crippen LogP contribution in [-0.2, 0) is 20.8 Å². The van der Waals surface area contributed by atoms with Gasteiger partial charge in [-0.1, -0.05) is 90.2 Å². The lowest BCUT2D eigenvalue weighted by atomic mass is 9.99. The third-order valence-electron chi connectivity index (χ3n) is 7.61. The normalized spacial score (nSPS) is 23.4. The van der Waals surface area contributed by atoms with Crippen LogP contribution in [0.1, 0.15) is 104 Å². The third-order valence-corrected chi connectivity index (χ3v) is 8.77. The van der Waals surface area contributed by atoms with Crippen LogP contribution < -0.4 is 4.74 Å². The van der Waals surface area contributed by atoms with Gasteiger partial charge in [0, 0.05) is 13.2 Å². The number of nitrogens with zero attached hydrogens (tertiary/aromatic N) is 1. The van der Waals surface area contributed by atoms with E-state index >= 15 is 0 Å². The van der Waals surface area contributed by atoms with Crippen molar-refractivity contribution in [2.45, 2.75) is 134 Å². The first-order chi connectivity index (χ1) is 18.3. The molecule has 2 heterocycles. The maximum Gasteiger partial charge on any atom is 0.163 e. The maximum atomic E-state index is 6.63. The van der Waals surface area contributed by atoms with Crippen molar-refractivity contribution >= 4 is 11.8 Å². The van der Waals surface area contributed by atoms with E-state index in [1.165, 1.54) is 64.2 Å². The van der Waals surface area contributed by atoms with Crippen molar-refractivity contribution in [3.63, 3.8) is 0 Å². The van der Waals surface area contributed by atoms with Crippen LogP contribution in [0, 0.1) is 5.92 Å². The summed E-state index contributed by atoms with van der Waals surface area (Å²) in [7, 11) is 3.81. The summed E-state index contributed by atoms with van der Waals surface area (Å²) in [6, 6.07) is 8.11. The Labute approximate surface area is 237 Å². The lowest BCUT2D eigenvalue weighted by Crippen LogP contribution is -2.47. The highest BCUT2D eigenvalue weighted by atomic mass is 32.2. The molecule has 38 heavy (non-hydrogen) atoms. The maximum absolute atomic E-state index is 6.63. The largest absolute Gasteiger partial charge is 0.497 e. The van der Waals surface area contributed by atoms with Gasteiger partial charge in [0.05, 0.1) is 19.8 Å². The van der Waals surface area contributed by atoms with Gasteiger partial charge in [0.15, 0.2) is 5.79 Å². The first-order valence-electron chi connectivity index (χ1n) is 14.9. The fourth-order valence-corrected chi connectivity index (χ4v) is 6.53. The van der Waals surface area contributed by atoms with Crippen molar-refractivity contribution in [2.75, 3.05) is 14.2 Å². The Kier molecular flexibility index (Phi) is 13.3. The Hall–Kier alpha value is -1.21. The summed E-state index contributed by atoms with van der Waals surface area (Å²) >= 11 is 1.80. The van der Waals surface area contributed by atoms with Crippen molar-refractivity contribution in [2.24, 2.45) is 5.92 Å². The molecule has 1 saturated heterocycles. The van der Waals surface area contributed by atoms with Gasteiger partial charge >= 0.3 is 0 Å². The van der Waals surface area contributed by atoms with Gasteiger partial charge < -0.3 is 23.8 Å². The number of likely N-dealkylation sites (N-methyl/N-ethyl adjacent to an activating group) is 1. The molecule has 3 rings (SSSR count). The molecule has 0 N–H and O–H groups in total. The van der Waals surface area contributed by atoms with Gasteiger partial charge in [-0.3, -0.25) is 0 Å². The topological polar surface area (TPSA) is 40.2 Å². The van der Waals surface area contributed by atoms with Crippen LogP contribution in [0.5, 0.6) is 5.75 Å². The Morgan fingerprint density at radius 3 is 2.13 bits per heavy atom. The van der Waals surface area contributed by atoms with Crippen LogP contribution >= 0.6 is 11.8 Å². The third kappa shape index (κ3) is 10.4. The summed E-state index contributed by atoms with van der Waals surface area (Å²) in [5.74, 6) is 1.11. The van der Waals surface area contributed by atoms with E-state index in [-0.39, 0.29) is 23.7 Å². The average Bonchev–Trinajstić information content (AvgIpc) is 3.44. The summed E-state index contributed by atoms with van der Waals surface area (Å²) in [5, 5.41) is 2.31. The number of benzene rings is 1. The molecule has 0 amide bonds. The molecule has 2 aliphatic heterocycles. The van der Waals surface area contributed by atoms with Crippen LogP contribution in [0.4, 0.5) is 0 Å². The Balaban J connectivity index is 1.47. The molecule has 1 unspecified atom stereocenters. The molecular weight excluding hydrogens is 494 g/mol. The van der Waals surface area contributed by atoms with Crippen molar-refractivity contribution in [1.29, 1.82) is 0 Å². The van der Waals surface area contributed by atoms with Gasteiger partial charge in [0.2, 0.25) is 0 Å². The van der Waals surface area contributed by atoms with Gasteiger partial charge in [-0.15, -0.1) is 11.8 Å². The Bertz CT molecular complexity index is 812. The number of hydrogen-bond donors (Lipinski definition) is 0. The minimum atomic E-state index is -0.595. The monoisotopic (exact) mass is 547 g/mol. The lowest BCUT2D eigenvalue weighted by molar-refractivity contribution is -0.162. The molecule has 0 bridgehead atoms. The highest BCUT2D eigenvalue weighted by Gasteiger charge is 2.48. The van der Waals surface area contributed by atoms with E-state index in [9.17, 15) is 0 Å². The van der Waals surface area contributed by atoms with Crippen molar-refractivity contribution in [1.82, 2.24) is 4.90 Å². The molecule has 1 aromatic rings. The number of rotatable bonds is 18. The minimum Gasteiger partial charge on any atom is -0.497 e. The van der Waals surface area contributed by atoms with E-state index in [2.05, 4.69) is 49.5 Å². The molecule has 0 saturated carbocycles. The summed E-state index contributed by atoms with van der Waals surface area (Å²) in [6.45, 7) is 9.25. The summed E-state index contributed by atoms with van der Waals surface area (Å²) in [6.07, 6.45) is 16.4. The molecule has 0 aliphatic carbocycles. The highest BCUT2D eigenvalue weighted by Crippen LogP contribution is 2.39. The average molecular weight is 548 g/mol. The van der Waals surface area contributed by atoms with Crippen LogP contribution in [0.2, 0.25) is 0 Å². The van der Waals surface area contributed by atoms with Crippen molar-refractivity contribution in [3.8, 4) is 5.75 Å². The molecule has 5 nitrogen and oxygen atoms in total. The Morgan fingerprint density at radius 1 is 0.921 bits per heavy atom. The van der Waals surface area contributed by atoms with Gasteiger partial charge in [-0.25, -0.2) is 0 Å². The molecule has 6 heteroatoms. The molecule has 1 fully saturated rings. The van der Waals surface area contributed by atoms with Gasteiger partial charge in [0.1, 0.15) is 23.3 Å². The zero-order chi connectivity index (χ0) is 27.4. The minimum absolute atomic E-state index is 0.0430. The van der Waals surface area contributed by atoms with E-state index in [1.54, 1.807) is 18.9 Å². The second-order valence-electron chi connectivity index (χ2n) is 11.9. The molecule has 1 aromatic carbocycles. The van der Waals surface area contributed by atoms with Crippen molar-refractivity contribution in [3.05, 3.63) is 41.4 Å². The SMILES string of the molecule is COc1ccc(CO[C@H](C2SC=CN2C)[C@@H]2OC(C)(C)O[C@@H]2CCCCCCCCCCCC(C)C)cc1. The predicted octanol–water partition coefficient (Wildman–Crippen LogP) is 8.52. The fraction of sp³-hybridized carbons (Fsp3) is 0.750. The molecule has 0 spiro atoms. The van der Waals surface area contributed by atoms with E-state index < -0.39 is 5.79 Å². The quantitative estimate of drug-likeness (QED) is 0.172. The van der Waals surface area contributed by atoms with Gasteiger partial charge in [-0.2, -0.15) is 0 Å². The zero-order valence-electron chi connectivity index (χ0n) is 24.8. The standard InChI is InChI=1S/C32H53NO4S/c1-25(2)16-14-12-10-8-7-9-11-13-15-17-28-29(37-32(3,4)36-28)30(31-33(5)22-23-38-31)35-24-26-18-20-27(34-6)21-19-26/h18-23,25,28-31H,7-17,24H2,1-6H3/t28-,29-,30+,31?/m1/s1. The fourth-order valence-electron chi connectivity index (χ4n) is 5.46. The van der Waals surface area contributed by atoms with Gasteiger partial charge in [0.25, 0.3) is 0 Å². The molecule has 4 atom stereocenters. The van der Waals surface area contributed by atoms with E-state index in [1.807, 2.05) is 26.0 Å². The molecule has 216 valence electrons. The van der Waals surface area contributed by atoms with Crippen LogP contribution in [0.25, 0.3) is 0 Å². The number of thioether (sulfide) groups is 1. The molecule has 2 aliphatic rings. The summed E-state index contributed by atoms with van der Waals surface area (Å²) in [4.78, 5) is 2.23. The first kappa shape index (κ1) is 31.3. The first-order valence-corrected chi connectivity index (χ1v) is 15.9. The zero-order valence-corrected chi connectivity index (χ0v) is 25.6. The van der Waals surface area contributed by atoms with E-state index in [4.69, 9.17) is 18.9 Å². The second kappa shape index (κ2) is 16.2. The van der Waals surface area contributed by atoms with Crippen LogP contribution in [0.15, 0.2) is 35.9 Å². The van der Waals surface area contributed by atoms with Crippen LogP contribution in [-0.4, -0.2) is 48.5 Å². The smallest absolute Gasteiger partial charge is 0.163 e. The van der Waals surface area contributed by atoms with Crippen LogP contribution in [0.3, 0.4) is 0 Å². The van der Waals surface area contributed by atoms with E-state index in [0.29, 0.717) is 6.61 Å². The van der Waals surface area contributed by atoms with Gasteiger partial charge in [-0.05, 0) is 49.3 Å². The number of methoxy groups -OCH3 is 1. The summed E-state index contributed by atoms with van der Waals surface area (Å²) < 4.78 is 24.9. The molecule has 0 radical (unpaired) electrons. The Morgan fingerprint density at radius 2 is 1.55 bits per heavy atom. The van der Waals surface area contributed by atoms with Crippen molar-refractivity contribution < 1.29 is 18.9 Å². The number of unbranched alkanes of at least 4 members (excludes halogenated alkanes) is 8. The number of ether oxygens (including phenoxy) is 4. The predicted molar refractivity (Wildman–Crippen MR) is 159 cm³/mol. The van der Waals surface area contributed by atoms with E-state index in [0.717, 1.165) is 23.7 Å². The highest BCUT2D eigenvalue weighted by molar-refractivity contribution is 8.02.